The highest BCUT2D eigenvalue weighted by Crippen LogP contribution is 2.36. The molecule has 66 valence electrons. The first kappa shape index (κ1) is 10.0. The summed E-state index contributed by atoms with van der Waals surface area (Å²) in [4.78, 5) is 0.931. The number of thioether (sulfide) groups is 1. The highest BCUT2D eigenvalue weighted by molar-refractivity contribution is 7.98. The van der Waals surface area contributed by atoms with E-state index in [1.54, 1.807) is 24.9 Å². The quantitative estimate of drug-likeness (QED) is 0.706. The van der Waals surface area contributed by atoms with Crippen LogP contribution in [0.4, 0.5) is 0 Å². The van der Waals surface area contributed by atoms with Gasteiger partial charge in [0.05, 0.1) is 12.1 Å². The van der Waals surface area contributed by atoms with Crippen molar-refractivity contribution >= 4 is 35.0 Å². The van der Waals surface area contributed by atoms with Crippen molar-refractivity contribution in [2.75, 3.05) is 13.4 Å². The van der Waals surface area contributed by atoms with Gasteiger partial charge >= 0.3 is 0 Å². The Kier molecular flexibility index (Phi) is 3.56. The van der Waals surface area contributed by atoms with Gasteiger partial charge in [0.1, 0.15) is 5.75 Å². The number of rotatable bonds is 2. The minimum absolute atomic E-state index is 0.619. The fourth-order valence-electron chi connectivity index (χ4n) is 0.837. The smallest absolute Gasteiger partial charge is 0.140 e. The van der Waals surface area contributed by atoms with Crippen LogP contribution >= 0.6 is 35.0 Å². The van der Waals surface area contributed by atoms with Crippen molar-refractivity contribution in [2.24, 2.45) is 0 Å². The largest absolute Gasteiger partial charge is 0.495 e. The van der Waals surface area contributed by atoms with Gasteiger partial charge in [0, 0.05) is 16.0 Å². The molecule has 1 aromatic rings. The molecule has 0 radical (unpaired) electrons. The number of hydrogen-bond acceptors (Lipinski definition) is 2. The number of benzene rings is 1. The zero-order valence-electron chi connectivity index (χ0n) is 6.73. The maximum atomic E-state index is 5.98. The second-order valence-electron chi connectivity index (χ2n) is 2.12. The average Bonchev–Trinajstić information content (AvgIpc) is 2.08. The molecule has 0 spiro atoms. The van der Waals surface area contributed by atoms with Crippen molar-refractivity contribution in [3.05, 3.63) is 22.2 Å². The Hall–Kier alpha value is -0.0500. The van der Waals surface area contributed by atoms with Crippen molar-refractivity contribution in [3.63, 3.8) is 0 Å². The lowest BCUT2D eigenvalue weighted by atomic mass is 10.3. The number of ether oxygens (including phenoxy) is 1. The molecular formula is C8H8Cl2OS. The van der Waals surface area contributed by atoms with Gasteiger partial charge in [0.25, 0.3) is 0 Å². The molecule has 0 atom stereocenters. The van der Waals surface area contributed by atoms with Crippen LogP contribution in [0.25, 0.3) is 0 Å². The Morgan fingerprint density at radius 2 is 2.00 bits per heavy atom. The van der Waals surface area contributed by atoms with E-state index in [4.69, 9.17) is 27.9 Å². The molecule has 0 aliphatic rings. The summed E-state index contributed by atoms with van der Waals surface area (Å²) in [6, 6.07) is 3.51. The van der Waals surface area contributed by atoms with E-state index in [0.29, 0.717) is 15.8 Å². The van der Waals surface area contributed by atoms with Gasteiger partial charge in [-0.25, -0.2) is 0 Å². The molecular weight excluding hydrogens is 215 g/mol. The molecule has 0 saturated carbocycles. The second-order valence-corrected chi connectivity index (χ2v) is 3.79. The summed E-state index contributed by atoms with van der Waals surface area (Å²) < 4.78 is 5.04. The van der Waals surface area contributed by atoms with E-state index in [1.807, 2.05) is 12.3 Å². The molecule has 12 heavy (non-hydrogen) atoms. The van der Waals surface area contributed by atoms with E-state index >= 15 is 0 Å². The third kappa shape index (κ3) is 2.00. The minimum atomic E-state index is 0.619. The molecule has 0 bridgehead atoms. The number of halogens is 2. The summed E-state index contributed by atoms with van der Waals surface area (Å²) in [5, 5.41) is 1.26. The van der Waals surface area contributed by atoms with Gasteiger partial charge in [-0.1, -0.05) is 23.2 Å². The first-order chi connectivity index (χ1) is 5.69. The van der Waals surface area contributed by atoms with Crippen LogP contribution in [0.15, 0.2) is 17.0 Å². The van der Waals surface area contributed by atoms with E-state index < -0.39 is 0 Å². The van der Waals surface area contributed by atoms with Crippen molar-refractivity contribution in [1.29, 1.82) is 0 Å². The highest BCUT2D eigenvalue weighted by atomic mass is 35.5. The molecule has 0 saturated heterocycles. The number of hydrogen-bond donors (Lipinski definition) is 0. The Morgan fingerprint density at radius 1 is 1.33 bits per heavy atom. The third-order valence-electron chi connectivity index (χ3n) is 1.41. The molecule has 0 N–H and O–H groups in total. The summed E-state index contributed by atoms with van der Waals surface area (Å²) in [7, 11) is 1.57. The predicted octanol–water partition coefficient (Wildman–Crippen LogP) is 3.72. The van der Waals surface area contributed by atoms with E-state index in [1.165, 1.54) is 0 Å². The zero-order valence-corrected chi connectivity index (χ0v) is 9.06. The number of methoxy groups -OCH3 is 1. The van der Waals surface area contributed by atoms with Gasteiger partial charge in [-0.2, -0.15) is 0 Å². The summed E-state index contributed by atoms with van der Waals surface area (Å²) in [6.07, 6.45) is 1.94. The summed E-state index contributed by atoms with van der Waals surface area (Å²) >= 11 is 13.3. The fraction of sp³-hybridized carbons (Fsp3) is 0.250. The lowest BCUT2D eigenvalue weighted by Crippen LogP contribution is -1.85. The van der Waals surface area contributed by atoms with Crippen molar-refractivity contribution < 1.29 is 4.74 Å². The lowest BCUT2D eigenvalue weighted by Gasteiger charge is -2.06. The van der Waals surface area contributed by atoms with Crippen LogP contribution in [-0.2, 0) is 0 Å². The summed E-state index contributed by atoms with van der Waals surface area (Å²) in [5.41, 5.74) is 0. The van der Waals surface area contributed by atoms with Gasteiger partial charge in [0.2, 0.25) is 0 Å². The molecule has 0 aliphatic carbocycles. The van der Waals surface area contributed by atoms with Gasteiger partial charge in [-0.05, 0) is 12.3 Å². The van der Waals surface area contributed by atoms with Crippen LogP contribution in [0.5, 0.6) is 5.75 Å². The minimum Gasteiger partial charge on any atom is -0.495 e. The molecule has 1 nitrogen and oxygen atoms in total. The monoisotopic (exact) mass is 222 g/mol. The van der Waals surface area contributed by atoms with Gasteiger partial charge in [-0.15, -0.1) is 11.8 Å². The molecule has 0 fully saturated rings. The molecule has 1 rings (SSSR count). The van der Waals surface area contributed by atoms with Crippen LogP contribution in [0.3, 0.4) is 0 Å². The van der Waals surface area contributed by atoms with E-state index in [2.05, 4.69) is 0 Å². The molecule has 0 heterocycles. The maximum absolute atomic E-state index is 5.98. The van der Waals surface area contributed by atoms with Crippen LogP contribution in [0.1, 0.15) is 0 Å². The van der Waals surface area contributed by atoms with Gasteiger partial charge in [0.15, 0.2) is 0 Å². The van der Waals surface area contributed by atoms with Crippen LogP contribution < -0.4 is 4.74 Å². The van der Waals surface area contributed by atoms with E-state index in [0.717, 1.165) is 4.90 Å². The molecule has 0 aromatic heterocycles. The molecule has 0 aliphatic heterocycles. The summed E-state index contributed by atoms with van der Waals surface area (Å²) in [5.74, 6) is 0.619. The Balaban J connectivity index is 3.22. The standard InChI is InChI=1S/C8H8Cl2OS/c1-11-6-3-5(9)4-7(12-2)8(6)10/h3-4H,1-2H3. The first-order valence-electron chi connectivity index (χ1n) is 3.26. The predicted molar refractivity (Wildman–Crippen MR) is 54.8 cm³/mol. The Bertz CT molecular complexity index is 263. The van der Waals surface area contributed by atoms with Crippen molar-refractivity contribution in [2.45, 2.75) is 4.90 Å². The maximum Gasteiger partial charge on any atom is 0.140 e. The van der Waals surface area contributed by atoms with Crippen molar-refractivity contribution in [3.8, 4) is 5.75 Å². The first-order valence-corrected chi connectivity index (χ1v) is 5.24. The Morgan fingerprint density at radius 3 is 2.50 bits per heavy atom. The molecule has 0 unspecified atom stereocenters. The lowest BCUT2D eigenvalue weighted by molar-refractivity contribution is 0.414. The zero-order chi connectivity index (χ0) is 9.14. The third-order valence-corrected chi connectivity index (χ3v) is 2.89. The summed E-state index contributed by atoms with van der Waals surface area (Å²) in [6.45, 7) is 0. The molecule has 0 amide bonds. The van der Waals surface area contributed by atoms with Crippen LogP contribution in [-0.4, -0.2) is 13.4 Å². The fourth-order valence-corrected chi connectivity index (χ4v) is 2.05. The van der Waals surface area contributed by atoms with E-state index in [9.17, 15) is 0 Å². The average molecular weight is 223 g/mol. The van der Waals surface area contributed by atoms with Crippen LogP contribution in [0, 0.1) is 0 Å². The van der Waals surface area contributed by atoms with Crippen LogP contribution in [0.2, 0.25) is 10.0 Å². The topological polar surface area (TPSA) is 9.23 Å². The normalized spacial score (nSPS) is 10.0. The highest BCUT2D eigenvalue weighted by Gasteiger charge is 2.07. The Labute approximate surface area is 86.0 Å². The molecule has 4 heteroatoms. The van der Waals surface area contributed by atoms with Crippen molar-refractivity contribution in [1.82, 2.24) is 0 Å². The van der Waals surface area contributed by atoms with Gasteiger partial charge in [-0.3, -0.25) is 0 Å². The van der Waals surface area contributed by atoms with E-state index in [-0.39, 0.29) is 0 Å². The van der Waals surface area contributed by atoms with Gasteiger partial charge < -0.3 is 4.74 Å². The SMILES string of the molecule is COc1cc(Cl)cc(SC)c1Cl. The second kappa shape index (κ2) is 4.26. The molecule has 1 aromatic carbocycles.